The number of hydrogen-bond donors (Lipinski definition) is 2. The normalized spacial score (nSPS) is 12.0. The molecule has 0 aliphatic heterocycles. The molecule has 0 spiro atoms. The average molecular weight is 962 g/mol. The van der Waals surface area contributed by atoms with Crippen LogP contribution in [0.15, 0.2) is 180 Å². The van der Waals surface area contributed by atoms with Crippen molar-refractivity contribution >= 4 is 64.7 Å². The lowest BCUT2D eigenvalue weighted by Crippen LogP contribution is -1.99. The number of hydrogen-bond acceptors (Lipinski definition) is 8. The number of aromatic hydroxyl groups is 2. The molecule has 0 fully saturated rings. The second-order valence-electron chi connectivity index (χ2n) is 16.5. The number of aromatic nitrogens is 4. The van der Waals surface area contributed by atoms with Gasteiger partial charge in [0.15, 0.2) is 19.7 Å². The van der Waals surface area contributed by atoms with Crippen LogP contribution in [0.3, 0.4) is 0 Å². The third-order valence-electron chi connectivity index (χ3n) is 11.8. The van der Waals surface area contributed by atoms with Crippen LogP contribution in [0.1, 0.15) is 11.1 Å². The molecule has 0 radical (unpaired) electrons. The number of sulfone groups is 2. The first-order valence-electron chi connectivity index (χ1n) is 20.9. The van der Waals surface area contributed by atoms with E-state index >= 15 is 0 Å². The van der Waals surface area contributed by atoms with Crippen molar-refractivity contribution in [2.75, 3.05) is 12.5 Å². The van der Waals surface area contributed by atoms with Gasteiger partial charge in [-0.15, -0.1) is 0 Å². The molecule has 10 rings (SSSR count). The first kappa shape index (κ1) is 43.7. The molecule has 10 nitrogen and oxygen atoms in total. The molecule has 332 valence electrons. The number of halogens is 2. The van der Waals surface area contributed by atoms with Gasteiger partial charge in [-0.2, -0.15) is 10.2 Å². The van der Waals surface area contributed by atoms with Crippen molar-refractivity contribution in [3.05, 3.63) is 191 Å². The number of rotatable bonds is 10. The van der Waals surface area contributed by atoms with Crippen LogP contribution < -0.4 is 0 Å². The Morgan fingerprint density at radius 1 is 0.448 bits per heavy atom. The Kier molecular flexibility index (Phi) is 11.0. The van der Waals surface area contributed by atoms with Crippen molar-refractivity contribution in [3.8, 4) is 67.4 Å². The van der Waals surface area contributed by atoms with Gasteiger partial charge in [-0.1, -0.05) is 59.6 Å². The second kappa shape index (κ2) is 16.9. The van der Waals surface area contributed by atoms with Crippen molar-refractivity contribution < 1.29 is 27.0 Å². The van der Waals surface area contributed by atoms with E-state index in [-0.39, 0.29) is 21.3 Å². The van der Waals surface area contributed by atoms with E-state index in [0.29, 0.717) is 50.0 Å². The van der Waals surface area contributed by atoms with Gasteiger partial charge < -0.3 is 10.2 Å². The average Bonchev–Trinajstić information content (AvgIpc) is 3.95. The molecular weight excluding hydrogens is 924 g/mol. The van der Waals surface area contributed by atoms with Gasteiger partial charge in [-0.25, -0.2) is 26.2 Å². The standard InChI is InChI=1S/C53H38Cl2N4O6S2/c1-66(62,63)42-17-13-40(14-18-42)58-30-48-44(26-36(28-50(48)56-58)34-5-9-38(54)10-6-34)46-24-32(3-21-52(46)60)23-33-4-22-53(61)47(25-33)45-27-37(35-7-11-39(55)12-8-35)29-51-49(45)31-59(57-51)41-15-19-43(20-16-41)67(2,64)65/h3-22,24-31,60-61H,23H2,1-2H3. The van der Waals surface area contributed by atoms with E-state index in [2.05, 4.69) is 0 Å². The fraction of sp³-hybridized carbons (Fsp3) is 0.0566. The van der Waals surface area contributed by atoms with Crippen LogP contribution in [0.25, 0.3) is 77.7 Å². The second-order valence-corrected chi connectivity index (χ2v) is 21.4. The summed E-state index contributed by atoms with van der Waals surface area (Å²) < 4.78 is 52.2. The van der Waals surface area contributed by atoms with Crippen LogP contribution in [0.2, 0.25) is 10.0 Å². The lowest BCUT2D eigenvalue weighted by molar-refractivity contribution is 0.477. The smallest absolute Gasteiger partial charge is 0.175 e. The summed E-state index contributed by atoms with van der Waals surface area (Å²) in [4.78, 5) is 0.404. The third kappa shape index (κ3) is 8.80. The van der Waals surface area contributed by atoms with E-state index < -0.39 is 19.7 Å². The minimum absolute atomic E-state index is 0.0688. The summed E-state index contributed by atoms with van der Waals surface area (Å²) in [5, 5.41) is 35.7. The van der Waals surface area contributed by atoms with Gasteiger partial charge in [0.1, 0.15) is 11.5 Å². The molecule has 0 unspecified atom stereocenters. The van der Waals surface area contributed by atoms with Gasteiger partial charge in [-0.05, 0) is 172 Å². The number of fused-ring (bicyclic) bond motifs is 2. The molecule has 0 aliphatic carbocycles. The van der Waals surface area contributed by atoms with Crippen LogP contribution >= 0.6 is 23.2 Å². The Hall–Kier alpha value is -7.22. The van der Waals surface area contributed by atoms with E-state index in [1.54, 1.807) is 70.0 Å². The van der Waals surface area contributed by atoms with Gasteiger partial charge in [0.2, 0.25) is 0 Å². The van der Waals surface area contributed by atoms with Gasteiger partial charge in [-0.3, -0.25) is 0 Å². The molecule has 2 N–H and O–H groups in total. The topological polar surface area (TPSA) is 144 Å². The highest BCUT2D eigenvalue weighted by Crippen LogP contribution is 2.42. The Balaban J connectivity index is 1.06. The monoisotopic (exact) mass is 960 g/mol. The molecule has 0 bridgehead atoms. The highest BCUT2D eigenvalue weighted by atomic mass is 35.5. The lowest BCUT2D eigenvalue weighted by Gasteiger charge is -2.13. The fourth-order valence-electron chi connectivity index (χ4n) is 8.32. The Bertz CT molecular complexity index is 3550. The molecule has 67 heavy (non-hydrogen) atoms. The number of phenols is 2. The highest BCUT2D eigenvalue weighted by molar-refractivity contribution is 7.91. The minimum atomic E-state index is -3.40. The summed E-state index contributed by atoms with van der Waals surface area (Å²) in [5.74, 6) is 0.138. The number of nitrogens with zero attached hydrogens (tertiary/aromatic N) is 4. The molecule has 8 aromatic carbocycles. The molecule has 14 heteroatoms. The molecule has 2 heterocycles. The molecular formula is C53H38Cl2N4O6S2. The molecule has 2 aromatic heterocycles. The molecule has 0 saturated carbocycles. The SMILES string of the molecule is CS(=O)(=O)c1ccc(-n2cc3c(-c4cc(Cc5ccc(O)c(-c6cc(-c7ccc(Cl)cc7)cc7nn(-c8ccc(S(C)(=O)=O)cc8)cc67)c5)ccc4O)cc(-c4ccc(Cl)cc4)cc3n2)cc1. The maximum Gasteiger partial charge on any atom is 0.175 e. The first-order valence-corrected chi connectivity index (χ1v) is 25.4. The van der Waals surface area contributed by atoms with E-state index in [0.717, 1.165) is 55.3 Å². The zero-order valence-corrected chi connectivity index (χ0v) is 38.9. The van der Waals surface area contributed by atoms with Crippen molar-refractivity contribution in [1.29, 1.82) is 0 Å². The summed E-state index contributed by atoms with van der Waals surface area (Å²) in [6, 6.07) is 47.0. The van der Waals surface area contributed by atoms with Crippen LogP contribution in [0.5, 0.6) is 11.5 Å². The minimum Gasteiger partial charge on any atom is -0.507 e. The van der Waals surface area contributed by atoms with E-state index in [1.807, 2.05) is 109 Å². The van der Waals surface area contributed by atoms with Crippen LogP contribution in [0, 0.1) is 0 Å². The van der Waals surface area contributed by atoms with Crippen molar-refractivity contribution in [1.82, 2.24) is 19.6 Å². The zero-order valence-electron chi connectivity index (χ0n) is 35.8. The van der Waals surface area contributed by atoms with E-state index in [4.69, 9.17) is 33.4 Å². The Morgan fingerprint density at radius 2 is 0.821 bits per heavy atom. The first-order chi connectivity index (χ1) is 32.0. The van der Waals surface area contributed by atoms with Crippen LogP contribution in [0.4, 0.5) is 0 Å². The largest absolute Gasteiger partial charge is 0.507 e. The van der Waals surface area contributed by atoms with Crippen molar-refractivity contribution in [2.24, 2.45) is 0 Å². The maximum absolute atomic E-state index is 12.2. The Morgan fingerprint density at radius 3 is 1.18 bits per heavy atom. The molecule has 0 atom stereocenters. The quantitative estimate of drug-likeness (QED) is 0.138. The van der Waals surface area contributed by atoms with Gasteiger partial charge in [0.05, 0.1) is 32.2 Å². The molecule has 0 aliphatic rings. The van der Waals surface area contributed by atoms with Gasteiger partial charge >= 0.3 is 0 Å². The molecule has 0 saturated heterocycles. The fourth-order valence-corrected chi connectivity index (χ4v) is 9.83. The van der Waals surface area contributed by atoms with Crippen molar-refractivity contribution in [3.63, 3.8) is 0 Å². The number of benzene rings is 8. The van der Waals surface area contributed by atoms with Crippen LogP contribution in [-0.2, 0) is 26.1 Å². The Labute approximate surface area is 396 Å². The summed E-state index contributed by atoms with van der Waals surface area (Å²) in [6.07, 6.45) is 6.52. The number of phenolic OH excluding ortho intramolecular Hbond substituents is 2. The predicted octanol–water partition coefficient (Wildman–Crippen LogP) is 12.1. The van der Waals surface area contributed by atoms with Crippen LogP contribution in [-0.4, -0.2) is 59.1 Å². The molecule has 0 amide bonds. The summed E-state index contributed by atoms with van der Waals surface area (Å²) in [5.41, 5.74) is 10.6. The van der Waals surface area contributed by atoms with Gasteiger partial charge in [0.25, 0.3) is 0 Å². The summed E-state index contributed by atoms with van der Waals surface area (Å²) >= 11 is 12.5. The molecule has 10 aromatic rings. The summed E-state index contributed by atoms with van der Waals surface area (Å²) in [6.45, 7) is 0. The van der Waals surface area contributed by atoms with E-state index in [1.165, 1.54) is 12.5 Å². The lowest BCUT2D eigenvalue weighted by atomic mass is 9.91. The van der Waals surface area contributed by atoms with Gasteiger partial charge in [0, 0.05) is 56.8 Å². The van der Waals surface area contributed by atoms with Crippen molar-refractivity contribution in [2.45, 2.75) is 16.2 Å². The third-order valence-corrected chi connectivity index (χ3v) is 14.5. The predicted molar refractivity (Wildman–Crippen MR) is 266 cm³/mol. The highest BCUT2D eigenvalue weighted by Gasteiger charge is 2.19. The maximum atomic E-state index is 12.2. The van der Waals surface area contributed by atoms with E-state index in [9.17, 15) is 27.0 Å². The summed E-state index contributed by atoms with van der Waals surface area (Å²) in [7, 11) is -6.79. The zero-order chi connectivity index (χ0) is 46.8.